The molecule has 0 radical (unpaired) electrons. The summed E-state index contributed by atoms with van der Waals surface area (Å²) < 4.78 is 0. The predicted octanol–water partition coefficient (Wildman–Crippen LogP) is 5.27. The topological polar surface area (TPSA) is 24.9 Å². The van der Waals surface area contributed by atoms with Gasteiger partial charge in [0.1, 0.15) is 0 Å². The third kappa shape index (κ3) is 3.06. The number of anilines is 1. The first-order valence-electron chi connectivity index (χ1n) is 7.53. The minimum atomic E-state index is 0.545. The first kappa shape index (κ1) is 13.7. The van der Waals surface area contributed by atoms with Crippen molar-refractivity contribution >= 4 is 28.2 Å². The van der Waals surface area contributed by atoms with Crippen molar-refractivity contribution in [2.45, 2.75) is 45.1 Å². The Balaban J connectivity index is 1.86. The third-order valence-corrected chi connectivity index (χ3v) is 4.50. The molecule has 3 heteroatoms. The van der Waals surface area contributed by atoms with Crippen LogP contribution in [0.4, 0.5) is 5.69 Å². The maximum absolute atomic E-state index is 6.23. The molecule has 1 aromatic carbocycles. The van der Waals surface area contributed by atoms with Gasteiger partial charge >= 0.3 is 0 Å². The van der Waals surface area contributed by atoms with Gasteiger partial charge in [0.05, 0.1) is 11.2 Å². The zero-order chi connectivity index (χ0) is 13.9. The number of benzene rings is 1. The lowest BCUT2D eigenvalue weighted by molar-refractivity contribution is 0.502. The molecule has 1 aromatic heterocycles. The highest BCUT2D eigenvalue weighted by atomic mass is 35.5. The van der Waals surface area contributed by atoms with Crippen LogP contribution < -0.4 is 5.32 Å². The number of fused-ring (bicyclic) bond motifs is 1. The van der Waals surface area contributed by atoms with Crippen LogP contribution in [0.25, 0.3) is 10.9 Å². The molecule has 0 amide bonds. The van der Waals surface area contributed by atoms with Gasteiger partial charge in [0.2, 0.25) is 0 Å². The summed E-state index contributed by atoms with van der Waals surface area (Å²) in [6, 6.07) is 8.54. The van der Waals surface area contributed by atoms with Crippen LogP contribution in [0, 0.1) is 5.92 Å². The van der Waals surface area contributed by atoms with E-state index in [0.717, 1.165) is 27.5 Å². The third-order valence-electron chi connectivity index (χ3n) is 4.29. The fourth-order valence-corrected chi connectivity index (χ4v) is 3.34. The van der Waals surface area contributed by atoms with E-state index < -0.39 is 0 Å². The van der Waals surface area contributed by atoms with E-state index in [1.807, 2.05) is 24.4 Å². The summed E-state index contributed by atoms with van der Waals surface area (Å²) in [4.78, 5) is 4.51. The quantitative estimate of drug-likeness (QED) is 0.762. The standard InChI is InChI=1S/C17H21ClN2/c1-12-4-2-6-15(8-7-12)20-16-11-14(18)10-13-5-3-9-19-17(13)16/h3,5,9-12,15,20H,2,4,6-8H2,1H3. The number of aromatic nitrogens is 1. The Labute approximate surface area is 125 Å². The molecule has 0 saturated heterocycles. The summed E-state index contributed by atoms with van der Waals surface area (Å²) in [5, 5.41) is 5.55. The minimum absolute atomic E-state index is 0.545. The van der Waals surface area contributed by atoms with Crippen molar-refractivity contribution in [3.8, 4) is 0 Å². The first-order valence-corrected chi connectivity index (χ1v) is 7.91. The summed E-state index contributed by atoms with van der Waals surface area (Å²) in [7, 11) is 0. The lowest BCUT2D eigenvalue weighted by Crippen LogP contribution is -2.18. The van der Waals surface area contributed by atoms with Crippen molar-refractivity contribution in [2.75, 3.05) is 5.32 Å². The zero-order valence-electron chi connectivity index (χ0n) is 11.9. The molecule has 0 spiro atoms. The molecule has 1 fully saturated rings. The number of hydrogen-bond acceptors (Lipinski definition) is 2. The molecule has 1 N–H and O–H groups in total. The number of rotatable bonds is 2. The van der Waals surface area contributed by atoms with Crippen molar-refractivity contribution in [3.05, 3.63) is 35.5 Å². The van der Waals surface area contributed by atoms with Gasteiger partial charge in [0.25, 0.3) is 0 Å². The van der Waals surface area contributed by atoms with E-state index in [0.29, 0.717) is 6.04 Å². The molecule has 0 aliphatic heterocycles. The molecule has 1 heterocycles. The van der Waals surface area contributed by atoms with Gasteiger partial charge in [-0.25, -0.2) is 0 Å². The SMILES string of the molecule is CC1CCCC(Nc2cc(Cl)cc3cccnc23)CC1. The average molecular weight is 289 g/mol. The van der Waals surface area contributed by atoms with Crippen LogP contribution in [0.1, 0.15) is 39.0 Å². The molecule has 2 unspecified atom stereocenters. The monoisotopic (exact) mass is 288 g/mol. The second kappa shape index (κ2) is 6.01. The van der Waals surface area contributed by atoms with E-state index in [1.54, 1.807) is 0 Å². The van der Waals surface area contributed by atoms with E-state index >= 15 is 0 Å². The Morgan fingerprint density at radius 2 is 2.10 bits per heavy atom. The van der Waals surface area contributed by atoms with Gasteiger partial charge in [-0.3, -0.25) is 4.98 Å². The highest BCUT2D eigenvalue weighted by Gasteiger charge is 2.17. The number of nitrogens with one attached hydrogen (secondary N) is 1. The Kier molecular flexibility index (Phi) is 4.11. The highest BCUT2D eigenvalue weighted by Crippen LogP contribution is 2.30. The van der Waals surface area contributed by atoms with Gasteiger partial charge in [0.15, 0.2) is 0 Å². The van der Waals surface area contributed by atoms with Crippen LogP contribution in [0.3, 0.4) is 0 Å². The zero-order valence-corrected chi connectivity index (χ0v) is 12.7. The van der Waals surface area contributed by atoms with Crippen LogP contribution in [-0.2, 0) is 0 Å². The van der Waals surface area contributed by atoms with E-state index in [-0.39, 0.29) is 0 Å². The molecule has 2 aromatic rings. The molecular weight excluding hydrogens is 268 g/mol. The summed E-state index contributed by atoms with van der Waals surface area (Å²) >= 11 is 6.23. The molecule has 1 aliphatic carbocycles. The van der Waals surface area contributed by atoms with Crippen LogP contribution >= 0.6 is 11.6 Å². The summed E-state index contributed by atoms with van der Waals surface area (Å²) in [6.07, 6.45) is 8.30. The lowest BCUT2D eigenvalue weighted by atomic mass is 10.0. The molecule has 20 heavy (non-hydrogen) atoms. The summed E-state index contributed by atoms with van der Waals surface area (Å²) in [5.74, 6) is 0.857. The molecule has 106 valence electrons. The summed E-state index contributed by atoms with van der Waals surface area (Å²) in [5.41, 5.74) is 2.10. The molecular formula is C17H21ClN2. The maximum Gasteiger partial charge on any atom is 0.0934 e. The second-order valence-corrected chi connectivity index (χ2v) is 6.42. The van der Waals surface area contributed by atoms with Gasteiger partial charge in [-0.1, -0.05) is 37.4 Å². The fourth-order valence-electron chi connectivity index (χ4n) is 3.12. The number of pyridine rings is 1. The van der Waals surface area contributed by atoms with Crippen LogP contribution in [0.2, 0.25) is 5.02 Å². The second-order valence-electron chi connectivity index (χ2n) is 5.98. The van der Waals surface area contributed by atoms with Gasteiger partial charge in [-0.2, -0.15) is 0 Å². The Morgan fingerprint density at radius 1 is 1.20 bits per heavy atom. The predicted molar refractivity (Wildman–Crippen MR) is 86.4 cm³/mol. The van der Waals surface area contributed by atoms with Crippen molar-refractivity contribution in [3.63, 3.8) is 0 Å². The molecule has 2 nitrogen and oxygen atoms in total. The van der Waals surface area contributed by atoms with Gasteiger partial charge in [0, 0.05) is 22.6 Å². The normalized spacial score (nSPS) is 23.5. The smallest absolute Gasteiger partial charge is 0.0934 e. The van der Waals surface area contributed by atoms with E-state index in [1.165, 1.54) is 32.1 Å². The minimum Gasteiger partial charge on any atom is -0.381 e. The Hall–Kier alpha value is -1.28. The van der Waals surface area contributed by atoms with Gasteiger partial charge in [-0.15, -0.1) is 0 Å². The Morgan fingerprint density at radius 3 is 3.00 bits per heavy atom. The van der Waals surface area contributed by atoms with Crippen molar-refractivity contribution < 1.29 is 0 Å². The molecule has 0 bridgehead atoms. The molecule has 2 atom stereocenters. The van der Waals surface area contributed by atoms with Crippen molar-refractivity contribution in [2.24, 2.45) is 5.92 Å². The van der Waals surface area contributed by atoms with Crippen LogP contribution in [0.5, 0.6) is 0 Å². The van der Waals surface area contributed by atoms with E-state index in [2.05, 4.69) is 23.3 Å². The van der Waals surface area contributed by atoms with Crippen molar-refractivity contribution in [1.82, 2.24) is 4.98 Å². The molecule has 1 saturated carbocycles. The number of nitrogens with zero attached hydrogens (tertiary/aromatic N) is 1. The van der Waals surface area contributed by atoms with E-state index in [4.69, 9.17) is 11.6 Å². The molecule has 1 aliphatic rings. The van der Waals surface area contributed by atoms with Crippen molar-refractivity contribution in [1.29, 1.82) is 0 Å². The van der Waals surface area contributed by atoms with Gasteiger partial charge < -0.3 is 5.32 Å². The van der Waals surface area contributed by atoms with Crippen LogP contribution in [-0.4, -0.2) is 11.0 Å². The number of hydrogen-bond donors (Lipinski definition) is 1. The number of halogens is 1. The first-order chi connectivity index (χ1) is 9.72. The molecule has 3 rings (SSSR count). The summed E-state index contributed by atoms with van der Waals surface area (Å²) in [6.45, 7) is 2.36. The van der Waals surface area contributed by atoms with Gasteiger partial charge in [-0.05, 0) is 43.4 Å². The van der Waals surface area contributed by atoms with E-state index in [9.17, 15) is 0 Å². The average Bonchev–Trinajstić information content (AvgIpc) is 2.64. The highest BCUT2D eigenvalue weighted by molar-refractivity contribution is 6.31. The largest absolute Gasteiger partial charge is 0.381 e. The maximum atomic E-state index is 6.23. The van der Waals surface area contributed by atoms with Crippen LogP contribution in [0.15, 0.2) is 30.5 Å². The lowest BCUT2D eigenvalue weighted by Gasteiger charge is -2.19. The Bertz CT molecular complexity index is 597. The fraction of sp³-hybridized carbons (Fsp3) is 0.471.